The van der Waals surface area contributed by atoms with Crippen LogP contribution in [-0.4, -0.2) is 74.9 Å². The molecule has 35 heavy (non-hydrogen) atoms. The van der Waals surface area contributed by atoms with Crippen LogP contribution in [0, 0.1) is 11.3 Å². The lowest BCUT2D eigenvalue weighted by atomic mass is 9.82. The molecule has 1 aromatic carbocycles. The lowest BCUT2D eigenvalue weighted by molar-refractivity contribution is 0.110. The van der Waals surface area contributed by atoms with Gasteiger partial charge in [0.05, 0.1) is 16.9 Å². The number of piperazine rings is 1. The Morgan fingerprint density at radius 1 is 1.20 bits per heavy atom. The second-order valence-electron chi connectivity index (χ2n) is 10.3. The molecule has 2 aliphatic heterocycles. The summed E-state index contributed by atoms with van der Waals surface area (Å²) in [6.45, 7) is 8.68. The third kappa shape index (κ3) is 4.35. The zero-order chi connectivity index (χ0) is 24.0. The molecular weight excluding hydrogens is 438 g/mol. The van der Waals surface area contributed by atoms with E-state index in [9.17, 15) is 5.26 Å². The third-order valence-corrected chi connectivity index (χ3v) is 7.51. The molecule has 2 aromatic heterocycles. The fourth-order valence-electron chi connectivity index (χ4n) is 5.46. The van der Waals surface area contributed by atoms with Crippen LogP contribution in [0.2, 0.25) is 0 Å². The van der Waals surface area contributed by atoms with Gasteiger partial charge in [-0.1, -0.05) is 6.92 Å². The van der Waals surface area contributed by atoms with Gasteiger partial charge >= 0.3 is 0 Å². The van der Waals surface area contributed by atoms with Gasteiger partial charge in [0.25, 0.3) is 0 Å². The average Bonchev–Trinajstić information content (AvgIpc) is 3.56. The summed E-state index contributed by atoms with van der Waals surface area (Å²) in [5.74, 6) is 1.17. The van der Waals surface area contributed by atoms with Crippen molar-refractivity contribution in [1.82, 2.24) is 29.5 Å². The maximum absolute atomic E-state index is 9.94. The molecule has 1 saturated carbocycles. The summed E-state index contributed by atoms with van der Waals surface area (Å²) in [6.07, 6.45) is 6.35. The number of hydrogen-bond acceptors (Lipinski definition) is 8. The number of nitrogens with one attached hydrogen (secondary N) is 2. The van der Waals surface area contributed by atoms with Crippen LogP contribution in [0.25, 0.3) is 11.3 Å². The first-order valence-corrected chi connectivity index (χ1v) is 12.4. The Labute approximate surface area is 205 Å². The molecule has 6 rings (SSSR count). The van der Waals surface area contributed by atoms with Crippen molar-refractivity contribution >= 4 is 17.5 Å². The molecule has 2 N–H and O–H groups in total. The van der Waals surface area contributed by atoms with Gasteiger partial charge in [0.2, 0.25) is 5.95 Å². The van der Waals surface area contributed by atoms with E-state index in [0.29, 0.717) is 17.3 Å². The van der Waals surface area contributed by atoms with Crippen LogP contribution in [0.15, 0.2) is 36.7 Å². The van der Waals surface area contributed by atoms with E-state index in [1.807, 2.05) is 31.4 Å². The van der Waals surface area contributed by atoms with Crippen molar-refractivity contribution in [2.45, 2.75) is 31.2 Å². The van der Waals surface area contributed by atoms with Gasteiger partial charge in [0.15, 0.2) is 5.82 Å². The fourth-order valence-corrected chi connectivity index (χ4v) is 5.46. The van der Waals surface area contributed by atoms with Gasteiger partial charge < -0.3 is 10.6 Å². The van der Waals surface area contributed by atoms with E-state index in [4.69, 9.17) is 4.98 Å². The molecular formula is C26H31N9. The number of hydrogen-bond donors (Lipinski definition) is 2. The van der Waals surface area contributed by atoms with E-state index in [2.05, 4.69) is 49.6 Å². The zero-order valence-corrected chi connectivity index (χ0v) is 20.3. The number of nitrogens with zero attached hydrogens (tertiary/aromatic N) is 7. The summed E-state index contributed by atoms with van der Waals surface area (Å²) < 4.78 is 1.73. The summed E-state index contributed by atoms with van der Waals surface area (Å²) >= 11 is 0. The molecule has 9 nitrogen and oxygen atoms in total. The lowest BCUT2D eigenvalue weighted by Crippen LogP contribution is -2.51. The normalized spacial score (nSPS) is 22.4. The highest BCUT2D eigenvalue weighted by Gasteiger charge is 2.39. The standard InChI is InChI=1S/C26H31N9/c1-26(17-34-9-11-35(12-10-34)20-3-4-20)16-29-24-19(15-27)13-18(14-21(24)26)22-5-7-28-25(30-22)31-23-6-8-33(2)32-23/h5-8,13-14,20,29H,3-4,9-12,16-17H2,1-2H3,(H,28,30,31,32)/t26-/m0/s1. The third-order valence-electron chi connectivity index (χ3n) is 7.51. The largest absolute Gasteiger partial charge is 0.383 e. The fraction of sp³-hybridized carbons (Fsp3) is 0.462. The maximum Gasteiger partial charge on any atom is 0.228 e. The Balaban J connectivity index is 1.26. The summed E-state index contributed by atoms with van der Waals surface area (Å²) in [6, 6.07) is 11.2. The molecule has 0 unspecified atom stereocenters. The first-order chi connectivity index (χ1) is 17.0. The van der Waals surface area contributed by atoms with Crippen molar-refractivity contribution in [3.63, 3.8) is 0 Å². The van der Waals surface area contributed by atoms with Crippen LogP contribution in [0.3, 0.4) is 0 Å². The van der Waals surface area contributed by atoms with Crippen LogP contribution >= 0.6 is 0 Å². The molecule has 4 heterocycles. The Morgan fingerprint density at radius 3 is 2.74 bits per heavy atom. The first kappa shape index (κ1) is 22.0. The topological polar surface area (TPSA) is 97.9 Å². The van der Waals surface area contributed by atoms with Crippen LogP contribution in [0.4, 0.5) is 17.5 Å². The molecule has 0 spiro atoms. The zero-order valence-electron chi connectivity index (χ0n) is 20.3. The van der Waals surface area contributed by atoms with Crippen molar-refractivity contribution in [2.24, 2.45) is 7.05 Å². The number of aromatic nitrogens is 4. The monoisotopic (exact) mass is 469 g/mol. The number of aryl methyl sites for hydroxylation is 1. The van der Waals surface area contributed by atoms with E-state index < -0.39 is 0 Å². The molecule has 0 radical (unpaired) electrons. The highest BCUT2D eigenvalue weighted by Crippen LogP contribution is 2.42. The van der Waals surface area contributed by atoms with Crippen molar-refractivity contribution in [3.8, 4) is 17.3 Å². The maximum atomic E-state index is 9.94. The predicted octanol–water partition coefficient (Wildman–Crippen LogP) is 2.96. The number of benzene rings is 1. The minimum atomic E-state index is -0.0687. The number of fused-ring (bicyclic) bond motifs is 1. The second kappa shape index (κ2) is 8.63. The summed E-state index contributed by atoms with van der Waals surface area (Å²) in [5, 5.41) is 21.0. The minimum Gasteiger partial charge on any atom is -0.383 e. The molecule has 0 amide bonds. The molecule has 0 bridgehead atoms. The SMILES string of the molecule is Cn1ccc(Nc2nccc(-c3cc(C#N)c4c(c3)[C@](C)(CN3CCN(C5CC5)CC3)CN4)n2)n1. The summed E-state index contributed by atoms with van der Waals surface area (Å²) in [5.41, 5.74) is 4.48. The van der Waals surface area contributed by atoms with Gasteiger partial charge in [-0.25, -0.2) is 9.97 Å². The van der Waals surface area contributed by atoms with Crippen LogP contribution in [-0.2, 0) is 12.5 Å². The van der Waals surface area contributed by atoms with Crippen molar-refractivity contribution < 1.29 is 0 Å². The summed E-state index contributed by atoms with van der Waals surface area (Å²) in [4.78, 5) is 14.3. The van der Waals surface area contributed by atoms with Gasteiger partial charge in [0, 0.05) is 81.8 Å². The predicted molar refractivity (Wildman–Crippen MR) is 136 cm³/mol. The first-order valence-electron chi connectivity index (χ1n) is 12.4. The van der Waals surface area contributed by atoms with Gasteiger partial charge in [-0.2, -0.15) is 10.4 Å². The van der Waals surface area contributed by atoms with E-state index in [1.54, 1.807) is 10.9 Å². The molecule has 1 atom stereocenters. The second-order valence-corrected chi connectivity index (χ2v) is 10.3. The highest BCUT2D eigenvalue weighted by atomic mass is 15.3. The van der Waals surface area contributed by atoms with E-state index >= 15 is 0 Å². The molecule has 9 heteroatoms. The minimum absolute atomic E-state index is 0.0687. The van der Waals surface area contributed by atoms with Gasteiger partial charge in [-0.05, 0) is 36.6 Å². The molecule has 1 saturated heterocycles. The number of nitriles is 1. The van der Waals surface area contributed by atoms with E-state index in [-0.39, 0.29) is 5.41 Å². The van der Waals surface area contributed by atoms with Crippen LogP contribution < -0.4 is 10.6 Å². The van der Waals surface area contributed by atoms with E-state index in [1.165, 1.54) is 18.4 Å². The van der Waals surface area contributed by atoms with Gasteiger partial charge in [-0.3, -0.25) is 14.5 Å². The molecule has 3 aliphatic rings. The van der Waals surface area contributed by atoms with Crippen molar-refractivity contribution in [2.75, 3.05) is 49.9 Å². The van der Waals surface area contributed by atoms with Gasteiger partial charge in [0.1, 0.15) is 6.07 Å². The average molecular weight is 470 g/mol. The quantitative estimate of drug-likeness (QED) is 0.569. The molecule has 3 aromatic rings. The number of anilines is 3. The molecule has 180 valence electrons. The Morgan fingerprint density at radius 2 is 2.03 bits per heavy atom. The molecule has 2 fully saturated rings. The van der Waals surface area contributed by atoms with Crippen LogP contribution in [0.1, 0.15) is 30.9 Å². The van der Waals surface area contributed by atoms with Crippen LogP contribution in [0.5, 0.6) is 0 Å². The highest BCUT2D eigenvalue weighted by molar-refractivity contribution is 5.76. The smallest absolute Gasteiger partial charge is 0.228 e. The van der Waals surface area contributed by atoms with Crippen molar-refractivity contribution in [1.29, 1.82) is 5.26 Å². The Hall–Kier alpha value is -3.48. The Bertz CT molecular complexity index is 1280. The van der Waals surface area contributed by atoms with Gasteiger partial charge in [-0.15, -0.1) is 0 Å². The van der Waals surface area contributed by atoms with E-state index in [0.717, 1.165) is 62.3 Å². The molecule has 1 aliphatic carbocycles. The Kier molecular flexibility index (Phi) is 5.43. The summed E-state index contributed by atoms with van der Waals surface area (Å²) in [7, 11) is 1.87. The number of rotatable bonds is 6. The van der Waals surface area contributed by atoms with Crippen molar-refractivity contribution in [3.05, 3.63) is 47.8 Å². The lowest BCUT2D eigenvalue weighted by Gasteiger charge is -2.39.